The van der Waals surface area contributed by atoms with E-state index in [4.69, 9.17) is 4.52 Å². The van der Waals surface area contributed by atoms with Gasteiger partial charge in [0.1, 0.15) is 5.76 Å². The van der Waals surface area contributed by atoms with Crippen molar-refractivity contribution in [3.05, 3.63) is 65.5 Å². The second-order valence-corrected chi connectivity index (χ2v) is 6.43. The number of nitrogens with zero attached hydrogens (tertiary/aromatic N) is 3. The van der Waals surface area contributed by atoms with E-state index in [9.17, 15) is 9.59 Å². The van der Waals surface area contributed by atoms with Crippen molar-refractivity contribution in [2.24, 2.45) is 0 Å². The number of aromatic nitrogens is 1. The Balaban J connectivity index is 1.47. The first-order chi connectivity index (χ1) is 12.6. The summed E-state index contributed by atoms with van der Waals surface area (Å²) < 4.78 is 4.97. The zero-order valence-electron chi connectivity index (χ0n) is 14.5. The molecule has 2 amide bonds. The van der Waals surface area contributed by atoms with Gasteiger partial charge in [0.15, 0.2) is 5.69 Å². The van der Waals surface area contributed by atoms with E-state index < -0.39 is 0 Å². The van der Waals surface area contributed by atoms with E-state index in [0.29, 0.717) is 43.2 Å². The summed E-state index contributed by atoms with van der Waals surface area (Å²) >= 11 is 0. The number of amides is 2. The molecule has 1 fully saturated rings. The van der Waals surface area contributed by atoms with Crippen LogP contribution < -0.4 is 0 Å². The zero-order valence-corrected chi connectivity index (χ0v) is 14.5. The van der Waals surface area contributed by atoms with Gasteiger partial charge >= 0.3 is 0 Å². The van der Waals surface area contributed by atoms with Crippen LogP contribution in [0.1, 0.15) is 26.6 Å². The van der Waals surface area contributed by atoms with E-state index in [-0.39, 0.29) is 11.8 Å². The predicted molar refractivity (Wildman–Crippen MR) is 97.0 cm³/mol. The van der Waals surface area contributed by atoms with Gasteiger partial charge in [0.05, 0.1) is 0 Å². The van der Waals surface area contributed by atoms with Crippen LogP contribution in [0.25, 0.3) is 10.8 Å². The van der Waals surface area contributed by atoms with E-state index in [1.165, 1.54) is 0 Å². The van der Waals surface area contributed by atoms with Crippen LogP contribution in [0.4, 0.5) is 0 Å². The summed E-state index contributed by atoms with van der Waals surface area (Å²) in [5.41, 5.74) is 1.02. The highest BCUT2D eigenvalue weighted by molar-refractivity contribution is 6.07. The zero-order chi connectivity index (χ0) is 18.1. The maximum Gasteiger partial charge on any atom is 0.276 e. The molecule has 6 heteroatoms. The first kappa shape index (κ1) is 16.3. The lowest BCUT2D eigenvalue weighted by Gasteiger charge is -2.34. The molecule has 0 aliphatic carbocycles. The van der Waals surface area contributed by atoms with E-state index in [1.54, 1.807) is 22.8 Å². The van der Waals surface area contributed by atoms with Crippen molar-refractivity contribution in [2.45, 2.75) is 6.92 Å². The number of hydrogen-bond acceptors (Lipinski definition) is 4. The molecule has 1 aliphatic rings. The third kappa shape index (κ3) is 2.94. The summed E-state index contributed by atoms with van der Waals surface area (Å²) in [7, 11) is 0. The highest BCUT2D eigenvalue weighted by atomic mass is 16.5. The average molecular weight is 349 g/mol. The number of hydrogen-bond donors (Lipinski definition) is 0. The largest absolute Gasteiger partial charge is 0.361 e. The lowest BCUT2D eigenvalue weighted by molar-refractivity contribution is 0.0531. The number of aryl methyl sites for hydroxylation is 1. The third-order valence-corrected chi connectivity index (χ3v) is 4.72. The summed E-state index contributed by atoms with van der Waals surface area (Å²) in [6.07, 6.45) is 0. The summed E-state index contributed by atoms with van der Waals surface area (Å²) in [5, 5.41) is 5.78. The normalized spacial score (nSPS) is 14.7. The van der Waals surface area contributed by atoms with Gasteiger partial charge in [-0.15, -0.1) is 0 Å². The summed E-state index contributed by atoms with van der Waals surface area (Å²) in [6.45, 7) is 3.74. The number of carbonyl (C=O) groups excluding carboxylic acids is 2. The van der Waals surface area contributed by atoms with Crippen LogP contribution >= 0.6 is 0 Å². The molecule has 6 nitrogen and oxygen atoms in total. The van der Waals surface area contributed by atoms with Gasteiger partial charge in [-0.2, -0.15) is 0 Å². The molecule has 1 aliphatic heterocycles. The summed E-state index contributed by atoms with van der Waals surface area (Å²) in [6, 6.07) is 15.3. The van der Waals surface area contributed by atoms with Gasteiger partial charge in [-0.25, -0.2) is 0 Å². The molecule has 132 valence electrons. The van der Waals surface area contributed by atoms with Crippen LogP contribution in [-0.4, -0.2) is 52.9 Å². The van der Waals surface area contributed by atoms with Crippen molar-refractivity contribution >= 4 is 22.6 Å². The third-order valence-electron chi connectivity index (χ3n) is 4.72. The van der Waals surface area contributed by atoms with Crippen molar-refractivity contribution in [1.29, 1.82) is 0 Å². The average Bonchev–Trinajstić information content (AvgIpc) is 3.13. The molecule has 1 aromatic heterocycles. The number of fused-ring (bicyclic) bond motifs is 1. The second-order valence-electron chi connectivity index (χ2n) is 6.43. The van der Waals surface area contributed by atoms with E-state index in [0.717, 1.165) is 10.8 Å². The SMILES string of the molecule is Cc1cc(C(=O)N2CCN(C(=O)c3cccc4ccccc34)CC2)no1. The van der Waals surface area contributed by atoms with Crippen molar-refractivity contribution in [3.8, 4) is 0 Å². The summed E-state index contributed by atoms with van der Waals surface area (Å²) in [4.78, 5) is 28.9. The molecule has 0 radical (unpaired) electrons. The Morgan fingerprint density at radius 2 is 1.58 bits per heavy atom. The Morgan fingerprint density at radius 1 is 0.923 bits per heavy atom. The lowest BCUT2D eigenvalue weighted by atomic mass is 10.0. The number of benzene rings is 2. The summed E-state index contributed by atoms with van der Waals surface area (Å²) in [5.74, 6) is 0.461. The van der Waals surface area contributed by atoms with Crippen LogP contribution in [0.2, 0.25) is 0 Å². The van der Waals surface area contributed by atoms with Crippen LogP contribution in [-0.2, 0) is 0 Å². The predicted octanol–water partition coefficient (Wildman–Crippen LogP) is 2.73. The smallest absolute Gasteiger partial charge is 0.276 e. The van der Waals surface area contributed by atoms with Crippen molar-refractivity contribution in [3.63, 3.8) is 0 Å². The number of rotatable bonds is 2. The Labute approximate surface area is 151 Å². The van der Waals surface area contributed by atoms with Crippen LogP contribution in [0, 0.1) is 6.92 Å². The highest BCUT2D eigenvalue weighted by Gasteiger charge is 2.27. The minimum Gasteiger partial charge on any atom is -0.361 e. The molecule has 0 bridgehead atoms. The molecule has 0 atom stereocenters. The van der Waals surface area contributed by atoms with Crippen molar-refractivity contribution < 1.29 is 14.1 Å². The van der Waals surface area contributed by atoms with Crippen LogP contribution in [0.3, 0.4) is 0 Å². The fraction of sp³-hybridized carbons (Fsp3) is 0.250. The highest BCUT2D eigenvalue weighted by Crippen LogP contribution is 2.21. The molecule has 0 spiro atoms. The van der Waals surface area contributed by atoms with Gasteiger partial charge < -0.3 is 14.3 Å². The molecular weight excluding hydrogens is 330 g/mol. The molecule has 0 N–H and O–H groups in total. The van der Waals surface area contributed by atoms with Crippen LogP contribution in [0.15, 0.2) is 53.1 Å². The molecule has 2 heterocycles. The maximum absolute atomic E-state index is 13.0. The van der Waals surface area contributed by atoms with Crippen molar-refractivity contribution in [2.75, 3.05) is 26.2 Å². The van der Waals surface area contributed by atoms with Gasteiger partial charge in [-0.3, -0.25) is 9.59 Å². The molecule has 4 rings (SSSR count). The first-order valence-corrected chi connectivity index (χ1v) is 8.63. The molecule has 0 saturated carbocycles. The first-order valence-electron chi connectivity index (χ1n) is 8.63. The molecule has 3 aromatic rings. The molecular formula is C20H19N3O3. The fourth-order valence-corrected chi connectivity index (χ4v) is 3.32. The maximum atomic E-state index is 13.0. The number of carbonyl (C=O) groups is 2. The standard InChI is InChI=1S/C20H19N3O3/c1-14-13-18(21-26-14)20(25)23-11-9-22(10-12-23)19(24)17-8-4-6-15-5-2-3-7-16(15)17/h2-8,13H,9-12H2,1H3. The lowest BCUT2D eigenvalue weighted by Crippen LogP contribution is -2.50. The van der Waals surface area contributed by atoms with E-state index in [2.05, 4.69) is 5.16 Å². The van der Waals surface area contributed by atoms with Gasteiger partial charge in [-0.1, -0.05) is 41.6 Å². The van der Waals surface area contributed by atoms with Gasteiger partial charge in [0, 0.05) is 37.8 Å². The van der Waals surface area contributed by atoms with Crippen molar-refractivity contribution in [1.82, 2.24) is 15.0 Å². The van der Waals surface area contributed by atoms with Gasteiger partial charge in [-0.05, 0) is 23.8 Å². The topological polar surface area (TPSA) is 66.7 Å². The van der Waals surface area contributed by atoms with Gasteiger partial charge in [0.25, 0.3) is 11.8 Å². The second kappa shape index (κ2) is 6.63. The van der Waals surface area contributed by atoms with E-state index in [1.807, 2.05) is 42.5 Å². The fourth-order valence-electron chi connectivity index (χ4n) is 3.32. The Kier molecular flexibility index (Phi) is 4.16. The quantitative estimate of drug-likeness (QED) is 0.713. The Hall–Kier alpha value is -3.15. The number of piperazine rings is 1. The van der Waals surface area contributed by atoms with E-state index >= 15 is 0 Å². The molecule has 26 heavy (non-hydrogen) atoms. The minimum absolute atomic E-state index is 0.00572. The molecule has 0 unspecified atom stereocenters. The monoisotopic (exact) mass is 349 g/mol. The molecule has 2 aromatic carbocycles. The minimum atomic E-state index is -0.154. The van der Waals surface area contributed by atoms with Gasteiger partial charge in [0.2, 0.25) is 0 Å². The Morgan fingerprint density at radius 3 is 2.27 bits per heavy atom. The molecule has 1 saturated heterocycles. The Bertz CT molecular complexity index is 966. The van der Waals surface area contributed by atoms with Crippen LogP contribution in [0.5, 0.6) is 0 Å².